The van der Waals surface area contributed by atoms with Crippen molar-refractivity contribution in [3.63, 3.8) is 0 Å². The molecule has 3 nitrogen and oxygen atoms in total. The maximum Gasteiger partial charge on any atom is 0.251 e. The molecule has 0 aliphatic rings. The molecule has 3 heteroatoms. The van der Waals surface area contributed by atoms with Crippen LogP contribution in [0.5, 0.6) is 0 Å². The first kappa shape index (κ1) is 13.0. The van der Waals surface area contributed by atoms with Crippen molar-refractivity contribution in [2.24, 2.45) is 0 Å². The van der Waals surface area contributed by atoms with Crippen molar-refractivity contribution in [2.75, 3.05) is 0 Å². The lowest BCUT2D eigenvalue weighted by atomic mass is 10.1. The lowest BCUT2D eigenvalue weighted by Crippen LogP contribution is -2.26. The van der Waals surface area contributed by atoms with Crippen LogP contribution in [0.4, 0.5) is 0 Å². The van der Waals surface area contributed by atoms with Crippen LogP contribution in [0.1, 0.15) is 39.2 Å². The lowest BCUT2D eigenvalue weighted by Gasteiger charge is -2.14. The highest BCUT2D eigenvalue weighted by Crippen LogP contribution is 2.12. The van der Waals surface area contributed by atoms with Gasteiger partial charge in [-0.15, -0.1) is 0 Å². The zero-order valence-electron chi connectivity index (χ0n) is 10.7. The molecule has 0 fully saturated rings. The summed E-state index contributed by atoms with van der Waals surface area (Å²) in [5.41, 5.74) is 2.17. The van der Waals surface area contributed by atoms with E-state index in [0.717, 1.165) is 11.8 Å². The van der Waals surface area contributed by atoms with E-state index in [0.29, 0.717) is 11.1 Å². The first-order chi connectivity index (χ1) is 9.20. The average Bonchev–Trinajstić information content (AvgIpc) is 2.48. The van der Waals surface area contributed by atoms with Crippen molar-refractivity contribution >= 4 is 12.2 Å². The van der Waals surface area contributed by atoms with Gasteiger partial charge < -0.3 is 5.32 Å². The van der Waals surface area contributed by atoms with Crippen molar-refractivity contribution < 1.29 is 9.59 Å². The molecule has 0 aromatic heterocycles. The third-order valence-electron chi connectivity index (χ3n) is 2.96. The number of hydrogen-bond acceptors (Lipinski definition) is 2. The molecular formula is C16H15NO2. The number of amides is 1. The second kappa shape index (κ2) is 5.96. The maximum atomic E-state index is 12.0. The number of hydrogen-bond donors (Lipinski definition) is 1. The fourth-order valence-corrected chi connectivity index (χ4v) is 1.82. The van der Waals surface area contributed by atoms with E-state index in [9.17, 15) is 9.59 Å². The highest BCUT2D eigenvalue weighted by molar-refractivity contribution is 5.95. The van der Waals surface area contributed by atoms with Crippen LogP contribution >= 0.6 is 0 Å². The van der Waals surface area contributed by atoms with Gasteiger partial charge in [-0.25, -0.2) is 0 Å². The van der Waals surface area contributed by atoms with E-state index in [1.807, 2.05) is 37.3 Å². The summed E-state index contributed by atoms with van der Waals surface area (Å²) in [5.74, 6) is -0.145. The van der Waals surface area contributed by atoms with Gasteiger partial charge in [-0.05, 0) is 24.6 Å². The van der Waals surface area contributed by atoms with Crippen LogP contribution in [0.2, 0.25) is 0 Å². The number of benzene rings is 2. The Labute approximate surface area is 112 Å². The van der Waals surface area contributed by atoms with E-state index in [1.54, 1.807) is 24.3 Å². The van der Waals surface area contributed by atoms with Gasteiger partial charge in [0.05, 0.1) is 6.04 Å². The first-order valence-electron chi connectivity index (χ1n) is 6.12. The molecule has 96 valence electrons. The normalized spacial score (nSPS) is 11.6. The molecule has 2 rings (SSSR count). The van der Waals surface area contributed by atoms with Gasteiger partial charge in [-0.3, -0.25) is 9.59 Å². The second-order valence-corrected chi connectivity index (χ2v) is 4.35. The van der Waals surface area contributed by atoms with Crippen molar-refractivity contribution in [2.45, 2.75) is 13.0 Å². The van der Waals surface area contributed by atoms with Crippen LogP contribution in [0.3, 0.4) is 0 Å². The van der Waals surface area contributed by atoms with Crippen LogP contribution < -0.4 is 5.32 Å². The Kier molecular flexibility index (Phi) is 4.08. The molecule has 0 radical (unpaired) electrons. The Bertz CT molecular complexity index is 561. The summed E-state index contributed by atoms with van der Waals surface area (Å²) in [7, 11) is 0. The summed E-state index contributed by atoms with van der Waals surface area (Å²) in [4.78, 5) is 22.6. The summed E-state index contributed by atoms with van der Waals surface area (Å²) >= 11 is 0. The Morgan fingerprint density at radius 2 is 1.68 bits per heavy atom. The summed E-state index contributed by atoms with van der Waals surface area (Å²) < 4.78 is 0. The van der Waals surface area contributed by atoms with Gasteiger partial charge in [0.25, 0.3) is 5.91 Å². The van der Waals surface area contributed by atoms with E-state index in [1.165, 1.54) is 0 Å². The molecule has 0 aliphatic carbocycles. The van der Waals surface area contributed by atoms with Crippen molar-refractivity contribution in [3.05, 3.63) is 71.3 Å². The predicted molar refractivity (Wildman–Crippen MR) is 74.2 cm³/mol. The molecule has 0 saturated carbocycles. The first-order valence-corrected chi connectivity index (χ1v) is 6.12. The Balaban J connectivity index is 2.06. The zero-order valence-corrected chi connectivity index (χ0v) is 10.7. The van der Waals surface area contributed by atoms with Gasteiger partial charge >= 0.3 is 0 Å². The Morgan fingerprint density at radius 1 is 1.05 bits per heavy atom. The van der Waals surface area contributed by atoms with E-state index < -0.39 is 0 Å². The maximum absolute atomic E-state index is 12.0. The summed E-state index contributed by atoms with van der Waals surface area (Å²) in [6.07, 6.45) is 0.758. The average molecular weight is 253 g/mol. The van der Waals surface area contributed by atoms with Crippen LogP contribution in [0, 0.1) is 0 Å². The third-order valence-corrected chi connectivity index (χ3v) is 2.96. The fraction of sp³-hybridized carbons (Fsp3) is 0.125. The number of carbonyl (C=O) groups is 2. The van der Waals surface area contributed by atoms with Crippen molar-refractivity contribution in [1.29, 1.82) is 0 Å². The zero-order chi connectivity index (χ0) is 13.7. The number of carbonyl (C=O) groups excluding carboxylic acids is 2. The summed E-state index contributed by atoms with van der Waals surface area (Å²) in [6.45, 7) is 1.94. The van der Waals surface area contributed by atoms with Crippen LogP contribution in [-0.2, 0) is 0 Å². The van der Waals surface area contributed by atoms with E-state index in [-0.39, 0.29) is 11.9 Å². The molecule has 0 aliphatic heterocycles. The van der Waals surface area contributed by atoms with Crippen LogP contribution in [0.15, 0.2) is 54.6 Å². The molecule has 2 aromatic carbocycles. The molecule has 1 unspecified atom stereocenters. The number of nitrogens with one attached hydrogen (secondary N) is 1. The molecule has 0 bridgehead atoms. The lowest BCUT2D eigenvalue weighted by molar-refractivity contribution is 0.0939. The standard InChI is InChI=1S/C16H15NO2/c1-12(14-5-3-2-4-6-14)17-16(19)15-9-7-13(11-18)8-10-15/h2-12H,1H3,(H,17,19). The summed E-state index contributed by atoms with van der Waals surface area (Å²) in [6, 6.07) is 16.3. The molecule has 2 aromatic rings. The van der Waals surface area contributed by atoms with Gasteiger partial charge in [0.2, 0.25) is 0 Å². The highest BCUT2D eigenvalue weighted by Gasteiger charge is 2.10. The highest BCUT2D eigenvalue weighted by atomic mass is 16.1. The number of aldehydes is 1. The Morgan fingerprint density at radius 3 is 2.26 bits per heavy atom. The SMILES string of the molecule is CC(NC(=O)c1ccc(C=O)cc1)c1ccccc1. The minimum Gasteiger partial charge on any atom is -0.346 e. The monoisotopic (exact) mass is 253 g/mol. The molecule has 0 spiro atoms. The minimum atomic E-state index is -0.145. The van der Waals surface area contributed by atoms with Crippen molar-refractivity contribution in [1.82, 2.24) is 5.32 Å². The van der Waals surface area contributed by atoms with Gasteiger partial charge in [-0.1, -0.05) is 42.5 Å². The van der Waals surface area contributed by atoms with E-state index in [2.05, 4.69) is 5.32 Å². The number of rotatable bonds is 4. The van der Waals surface area contributed by atoms with E-state index in [4.69, 9.17) is 0 Å². The largest absolute Gasteiger partial charge is 0.346 e. The fourth-order valence-electron chi connectivity index (χ4n) is 1.82. The smallest absolute Gasteiger partial charge is 0.251 e. The molecular weight excluding hydrogens is 238 g/mol. The predicted octanol–water partition coefficient (Wildman–Crippen LogP) is 2.99. The molecule has 1 atom stereocenters. The summed E-state index contributed by atoms with van der Waals surface area (Å²) in [5, 5.41) is 2.92. The topological polar surface area (TPSA) is 46.2 Å². The van der Waals surface area contributed by atoms with Gasteiger partial charge in [-0.2, -0.15) is 0 Å². The quantitative estimate of drug-likeness (QED) is 0.851. The van der Waals surface area contributed by atoms with Gasteiger partial charge in [0.1, 0.15) is 6.29 Å². The van der Waals surface area contributed by atoms with Crippen LogP contribution in [-0.4, -0.2) is 12.2 Å². The van der Waals surface area contributed by atoms with Gasteiger partial charge in [0.15, 0.2) is 0 Å². The second-order valence-electron chi connectivity index (χ2n) is 4.35. The minimum absolute atomic E-state index is 0.0561. The van der Waals surface area contributed by atoms with Crippen LogP contribution in [0.25, 0.3) is 0 Å². The van der Waals surface area contributed by atoms with E-state index >= 15 is 0 Å². The molecule has 0 saturated heterocycles. The molecule has 1 N–H and O–H groups in total. The Hall–Kier alpha value is -2.42. The molecule has 0 heterocycles. The molecule has 19 heavy (non-hydrogen) atoms. The van der Waals surface area contributed by atoms with Gasteiger partial charge in [0, 0.05) is 11.1 Å². The van der Waals surface area contributed by atoms with Crippen molar-refractivity contribution in [3.8, 4) is 0 Å². The third kappa shape index (κ3) is 3.28. The molecule has 1 amide bonds.